The molecule has 18 heteroatoms. The van der Waals surface area contributed by atoms with Gasteiger partial charge in [0, 0.05) is 17.6 Å². The van der Waals surface area contributed by atoms with E-state index in [2.05, 4.69) is 15.0 Å². The van der Waals surface area contributed by atoms with Gasteiger partial charge in [0.1, 0.15) is 84.0 Å². The van der Waals surface area contributed by atoms with Gasteiger partial charge in [-0.3, -0.25) is 10.4 Å². The molecule has 1 aliphatic carbocycles. The van der Waals surface area contributed by atoms with Gasteiger partial charge in [0.2, 0.25) is 12.0 Å². The summed E-state index contributed by atoms with van der Waals surface area (Å²) in [5.74, 6) is -3.25. The Morgan fingerprint density at radius 1 is 1.00 bits per heavy atom. The first-order valence-corrected chi connectivity index (χ1v) is 19.6. The van der Waals surface area contributed by atoms with E-state index in [1.165, 1.54) is 42.8 Å². The molecule has 18 nitrogen and oxygen atoms in total. The first-order valence-electron chi connectivity index (χ1n) is 19.6. The van der Waals surface area contributed by atoms with Gasteiger partial charge in [-0.15, -0.1) is 0 Å². The Morgan fingerprint density at radius 3 is 2.44 bits per heavy atom. The van der Waals surface area contributed by atoms with E-state index in [9.17, 15) is 45.6 Å². The molecule has 1 unspecified atom stereocenters. The molecule has 1 saturated carbocycles. The number of carboxylic acids is 1. The molecule has 3 aromatic carbocycles. The number of carboxylic acid groups (broad SMARTS) is 1. The Morgan fingerprint density at radius 2 is 1.77 bits per heavy atom. The Bertz CT molecular complexity index is 2350. The van der Waals surface area contributed by atoms with E-state index >= 15 is 0 Å². The van der Waals surface area contributed by atoms with Crippen molar-refractivity contribution in [2.24, 2.45) is 20.4 Å². The van der Waals surface area contributed by atoms with Crippen molar-refractivity contribution in [1.29, 1.82) is 5.41 Å². The molecule has 61 heavy (non-hydrogen) atoms. The molecule has 0 bridgehead atoms. The summed E-state index contributed by atoms with van der Waals surface area (Å²) in [6.45, 7) is -0.320. The molecule has 4 aliphatic heterocycles. The van der Waals surface area contributed by atoms with Gasteiger partial charge in [0.05, 0.1) is 18.0 Å². The number of hydrogen-bond donors (Lipinski definition) is 9. The highest BCUT2D eigenvalue weighted by Gasteiger charge is 2.69. The number of aromatic hydroxyl groups is 2. The summed E-state index contributed by atoms with van der Waals surface area (Å²) in [6, 6.07) is 13.8. The van der Waals surface area contributed by atoms with Gasteiger partial charge >= 0.3 is 5.97 Å². The van der Waals surface area contributed by atoms with E-state index in [1.54, 1.807) is 36.4 Å². The normalized spacial score (nSPS) is 27.0. The number of aliphatic carboxylic acids is 1. The van der Waals surface area contributed by atoms with Gasteiger partial charge in [0.25, 0.3) is 0 Å². The van der Waals surface area contributed by atoms with Gasteiger partial charge in [-0.2, -0.15) is 0 Å². The van der Waals surface area contributed by atoms with Gasteiger partial charge in [-0.1, -0.05) is 43.5 Å². The standard InChI is InChI=1S/C43H44N4O14/c44-33-12-11-26(47-33)28(50)20-57-25-9-7-23(8-10-25)29-16-27(49)34-30(59-29)17-31(37(35(34)51)58-19-22-5-4-6-24(48)15-22)60-41-36(52)38(53)43(56,39(61-41)40(54)55)42(13-2-1-3-14-42)32-18-45-21-46-32/h4-12,15-17,21,28-29,36,38-39,41,44,48-53,56H,1-3,13-14,18-20H2,(H,54,55)/t28-,29?,36+,38-,39+,41+,43-/m0/s1. The molecule has 3 aromatic rings. The van der Waals surface area contributed by atoms with Crippen LogP contribution in [-0.2, 0) is 16.1 Å². The second kappa shape index (κ2) is 16.6. The molecule has 5 aliphatic rings. The number of ether oxygens (including phenoxy) is 5. The third-order valence-electron chi connectivity index (χ3n) is 11.7. The first-order chi connectivity index (χ1) is 29.3. The Labute approximate surface area is 348 Å². The third-order valence-corrected chi connectivity index (χ3v) is 11.7. The number of phenols is 2. The average molecular weight is 841 g/mol. The number of rotatable bonds is 13. The topological polar surface area (TPSA) is 286 Å². The van der Waals surface area contributed by atoms with Crippen LogP contribution in [0, 0.1) is 10.8 Å². The molecule has 0 radical (unpaired) electrons. The quantitative estimate of drug-likeness (QED) is 0.119. The summed E-state index contributed by atoms with van der Waals surface area (Å²) in [4.78, 5) is 25.4. The van der Waals surface area contributed by atoms with Crippen LogP contribution in [0.1, 0.15) is 54.9 Å². The van der Waals surface area contributed by atoms with E-state index in [4.69, 9.17) is 29.1 Å². The highest BCUT2D eigenvalue weighted by Crippen LogP contribution is 2.55. The second-order valence-electron chi connectivity index (χ2n) is 15.4. The zero-order chi connectivity index (χ0) is 43.1. The molecule has 7 atom stereocenters. The molecule has 0 aromatic heterocycles. The summed E-state index contributed by atoms with van der Waals surface area (Å²) in [5.41, 5.74) is -2.53. The summed E-state index contributed by atoms with van der Waals surface area (Å²) in [7, 11) is 0. The molecular formula is C43H44N4O14. The lowest BCUT2D eigenvalue weighted by Crippen LogP contribution is -2.76. The summed E-state index contributed by atoms with van der Waals surface area (Å²) >= 11 is 0. The van der Waals surface area contributed by atoms with E-state index in [-0.39, 0.29) is 61.2 Å². The summed E-state index contributed by atoms with van der Waals surface area (Å²) < 4.78 is 29.9. The fourth-order valence-corrected chi connectivity index (χ4v) is 8.63. The number of nitrogens with one attached hydrogen (secondary N) is 1. The monoisotopic (exact) mass is 840 g/mol. The van der Waals surface area contributed by atoms with Crippen molar-refractivity contribution in [1.82, 2.24) is 0 Å². The summed E-state index contributed by atoms with van der Waals surface area (Å²) in [5, 5.41) is 97.5. The van der Waals surface area contributed by atoms with Crippen molar-refractivity contribution >= 4 is 35.3 Å². The molecule has 9 N–H and O–H groups in total. The van der Waals surface area contributed by atoms with Crippen LogP contribution in [0.3, 0.4) is 0 Å². The maximum absolute atomic E-state index is 13.0. The van der Waals surface area contributed by atoms with E-state index in [1.807, 2.05) is 0 Å². The lowest BCUT2D eigenvalue weighted by Gasteiger charge is -2.57. The highest BCUT2D eigenvalue weighted by molar-refractivity contribution is 6.15. The van der Waals surface area contributed by atoms with Crippen LogP contribution in [0.25, 0.3) is 5.76 Å². The molecule has 0 amide bonds. The Kier molecular flexibility index (Phi) is 11.3. The Hall–Kier alpha value is -6.31. The van der Waals surface area contributed by atoms with Crippen molar-refractivity contribution in [2.75, 3.05) is 13.2 Å². The number of aliphatic hydroxyl groups is 5. The molecule has 8 rings (SSSR count). The lowest BCUT2D eigenvalue weighted by molar-refractivity contribution is -0.326. The van der Waals surface area contributed by atoms with Crippen molar-refractivity contribution < 1.29 is 69.3 Å². The van der Waals surface area contributed by atoms with Gasteiger partial charge in [0.15, 0.2) is 17.6 Å². The number of nitrogens with zero attached hydrogens (tertiary/aromatic N) is 3. The SMILES string of the molecule is N=C1C=CC([C@@H](O)COc2ccc(C3C=C(O)c4c(cc(O[C@@H]5O[C@H](C(=O)O)[C@](O)(C6(C7=NC=NC7)CCCCC6)[C@@H](O)[C@H]5O)c(OCc5cccc(O)c5)c4O)O3)cc2)=N1. The number of phenolic OH excluding ortho intramolecular Hbond substituents is 2. The molecule has 320 valence electrons. The Balaban J connectivity index is 1.09. The van der Waals surface area contributed by atoms with Crippen LogP contribution in [0.5, 0.6) is 34.5 Å². The predicted octanol–water partition coefficient (Wildman–Crippen LogP) is 3.51. The van der Waals surface area contributed by atoms with Crippen LogP contribution in [0.2, 0.25) is 0 Å². The fraction of sp³-hybridized carbons (Fsp3) is 0.372. The van der Waals surface area contributed by atoms with Gasteiger partial charge < -0.3 is 64.5 Å². The van der Waals surface area contributed by atoms with Crippen molar-refractivity contribution in [2.45, 2.75) is 81.1 Å². The van der Waals surface area contributed by atoms with E-state index in [0.29, 0.717) is 41.1 Å². The maximum atomic E-state index is 13.0. The van der Waals surface area contributed by atoms with Crippen molar-refractivity contribution in [3.63, 3.8) is 0 Å². The number of aliphatic hydroxyl groups excluding tert-OH is 4. The zero-order valence-electron chi connectivity index (χ0n) is 32.5. The first kappa shape index (κ1) is 41.4. The molecule has 1 saturated heterocycles. The fourth-order valence-electron chi connectivity index (χ4n) is 8.63. The zero-order valence-corrected chi connectivity index (χ0v) is 32.5. The number of benzene rings is 3. The van der Waals surface area contributed by atoms with Crippen molar-refractivity contribution in [3.05, 3.63) is 89.5 Å². The minimum atomic E-state index is -2.59. The number of aliphatic imine (C=N–C) groups is 3. The van der Waals surface area contributed by atoms with Gasteiger partial charge in [-0.05, 0) is 60.4 Å². The van der Waals surface area contributed by atoms with Crippen LogP contribution in [0.4, 0.5) is 0 Å². The molecule has 4 heterocycles. The highest BCUT2D eigenvalue weighted by atomic mass is 16.7. The van der Waals surface area contributed by atoms with Crippen LogP contribution < -0.4 is 18.9 Å². The number of fused-ring (bicyclic) bond motifs is 1. The van der Waals surface area contributed by atoms with E-state index in [0.717, 1.165) is 6.42 Å². The van der Waals surface area contributed by atoms with Crippen LogP contribution >= 0.6 is 0 Å². The van der Waals surface area contributed by atoms with E-state index < -0.39 is 71.1 Å². The second-order valence-corrected chi connectivity index (χ2v) is 15.4. The minimum Gasteiger partial charge on any atom is -0.508 e. The molecular weight excluding hydrogens is 796 g/mol. The average Bonchev–Trinajstić information content (AvgIpc) is 3.96. The molecule has 0 spiro atoms. The number of amidine groups is 1. The minimum absolute atomic E-state index is 0.0284. The number of hydrogen-bond acceptors (Lipinski definition) is 16. The third kappa shape index (κ3) is 7.68. The predicted molar refractivity (Wildman–Crippen MR) is 217 cm³/mol. The van der Waals surface area contributed by atoms with Gasteiger partial charge in [-0.25, -0.2) is 14.8 Å². The van der Waals surface area contributed by atoms with Crippen LogP contribution in [0.15, 0.2) is 87.8 Å². The molecule has 2 fully saturated rings. The smallest absolute Gasteiger partial charge is 0.336 e. The lowest BCUT2D eigenvalue weighted by atomic mass is 9.55. The van der Waals surface area contributed by atoms with Crippen molar-refractivity contribution in [3.8, 4) is 34.5 Å². The van der Waals surface area contributed by atoms with Crippen LogP contribution in [-0.4, -0.2) is 120 Å². The summed E-state index contributed by atoms with van der Waals surface area (Å²) in [6.07, 6.45) is -2.26. The number of carbonyl (C=O) groups is 1. The largest absolute Gasteiger partial charge is 0.508 e. The maximum Gasteiger partial charge on any atom is 0.336 e.